The third-order valence-electron chi connectivity index (χ3n) is 6.20. The highest BCUT2D eigenvalue weighted by Crippen LogP contribution is 2.46. The summed E-state index contributed by atoms with van der Waals surface area (Å²) in [5.41, 5.74) is 10.1. The maximum atomic E-state index is 15.4. The average Bonchev–Trinajstić information content (AvgIpc) is 3.64. The van der Waals surface area contributed by atoms with Gasteiger partial charge in [0.25, 0.3) is 0 Å². The fourth-order valence-corrected chi connectivity index (χ4v) is 4.46. The smallest absolute Gasteiger partial charge is 0.165 e. The molecule has 2 aliphatic rings. The first-order chi connectivity index (χ1) is 16.6. The molecule has 0 bridgehead atoms. The van der Waals surface area contributed by atoms with Gasteiger partial charge in [-0.05, 0) is 60.2 Å². The van der Waals surface area contributed by atoms with E-state index in [1.165, 1.54) is 12.4 Å². The normalized spacial score (nSPS) is 18.9. The number of amidine groups is 1. The summed E-state index contributed by atoms with van der Waals surface area (Å²) in [6.07, 6.45) is 10.1. The number of ether oxygens (including phenoxy) is 1. The van der Waals surface area contributed by atoms with Crippen molar-refractivity contribution >= 4 is 5.84 Å². The number of hydrogen-bond donors (Lipinski definition) is 1. The van der Waals surface area contributed by atoms with Gasteiger partial charge in [-0.2, -0.15) is 0 Å². The van der Waals surface area contributed by atoms with Gasteiger partial charge in [-0.25, -0.2) is 24.3 Å². The van der Waals surface area contributed by atoms with E-state index in [1.54, 1.807) is 24.8 Å². The van der Waals surface area contributed by atoms with Crippen LogP contribution in [0.2, 0.25) is 0 Å². The zero-order chi connectivity index (χ0) is 23.3. The van der Waals surface area contributed by atoms with Crippen molar-refractivity contribution < 1.29 is 9.13 Å². The van der Waals surface area contributed by atoms with E-state index < -0.39 is 11.4 Å². The molecule has 1 unspecified atom stereocenters. The number of benzene rings is 2. The molecule has 8 heteroatoms. The first kappa shape index (κ1) is 20.4. The fraction of sp³-hybridized carbons (Fsp3) is 0.192. The summed E-state index contributed by atoms with van der Waals surface area (Å²) in [5.74, 6) is 0.110. The number of aryl methyl sites for hydroxylation is 1. The van der Waals surface area contributed by atoms with Crippen molar-refractivity contribution in [1.29, 1.82) is 0 Å². The SMILES string of the molecule is Cc1cc(C2(c3cccc(-c4cncnc4)c3)N=C(N)c3nccnc32)cc(F)c1OC1CC1. The summed E-state index contributed by atoms with van der Waals surface area (Å²) in [6.45, 7) is 1.84. The minimum atomic E-state index is -1.16. The van der Waals surface area contributed by atoms with E-state index in [-0.39, 0.29) is 17.7 Å². The van der Waals surface area contributed by atoms with Crippen LogP contribution in [0, 0.1) is 12.7 Å². The van der Waals surface area contributed by atoms with Crippen LogP contribution in [0.5, 0.6) is 5.75 Å². The summed E-state index contributed by atoms with van der Waals surface area (Å²) >= 11 is 0. The van der Waals surface area contributed by atoms with Gasteiger partial charge in [-0.3, -0.25) is 4.98 Å². The summed E-state index contributed by atoms with van der Waals surface area (Å²) in [6, 6.07) is 11.2. The molecule has 0 spiro atoms. The number of aliphatic imine (C=N–C) groups is 1. The molecule has 1 aliphatic carbocycles. The first-order valence-corrected chi connectivity index (χ1v) is 11.1. The zero-order valence-corrected chi connectivity index (χ0v) is 18.4. The highest BCUT2D eigenvalue weighted by Gasteiger charge is 2.46. The Morgan fingerprint density at radius 1 is 1.00 bits per heavy atom. The molecule has 168 valence electrons. The van der Waals surface area contributed by atoms with Crippen molar-refractivity contribution in [2.75, 3.05) is 0 Å². The Hall–Kier alpha value is -4.20. The largest absolute Gasteiger partial charge is 0.487 e. The monoisotopic (exact) mass is 452 g/mol. The van der Waals surface area contributed by atoms with Crippen LogP contribution >= 0.6 is 0 Å². The molecular formula is C26H21FN6O. The Bertz CT molecular complexity index is 1410. The standard InChI is InChI=1S/C26H21FN6O/c1-15-9-19(11-21(27)23(15)34-20-5-6-20)26(24-22(25(28)33-26)31-7-8-32-24)18-4-2-3-16(10-18)17-12-29-14-30-13-17/h2-4,7-14,20H,5-6H2,1H3,(H2,28,33). The van der Waals surface area contributed by atoms with E-state index in [0.717, 1.165) is 29.5 Å². The summed E-state index contributed by atoms with van der Waals surface area (Å²) in [4.78, 5) is 22.2. The van der Waals surface area contributed by atoms with Crippen LogP contribution in [0.25, 0.3) is 11.1 Å². The van der Waals surface area contributed by atoms with Crippen molar-refractivity contribution in [1.82, 2.24) is 19.9 Å². The van der Waals surface area contributed by atoms with Crippen molar-refractivity contribution in [3.63, 3.8) is 0 Å². The molecule has 3 heterocycles. The van der Waals surface area contributed by atoms with Gasteiger partial charge in [0.1, 0.15) is 23.6 Å². The summed E-state index contributed by atoms with van der Waals surface area (Å²) < 4.78 is 21.2. The maximum absolute atomic E-state index is 15.4. The molecule has 0 radical (unpaired) electrons. The number of hydrogen-bond acceptors (Lipinski definition) is 7. The predicted molar refractivity (Wildman–Crippen MR) is 125 cm³/mol. The van der Waals surface area contributed by atoms with E-state index >= 15 is 4.39 Å². The molecule has 7 nitrogen and oxygen atoms in total. The molecule has 1 aliphatic heterocycles. The van der Waals surface area contributed by atoms with Crippen molar-refractivity contribution in [3.8, 4) is 16.9 Å². The van der Waals surface area contributed by atoms with Crippen LogP contribution in [0.15, 0.2) is 72.5 Å². The van der Waals surface area contributed by atoms with Gasteiger partial charge in [0.15, 0.2) is 17.1 Å². The number of halogens is 1. The summed E-state index contributed by atoms with van der Waals surface area (Å²) in [5, 5.41) is 0. The van der Waals surface area contributed by atoms with Gasteiger partial charge in [0, 0.05) is 30.4 Å². The lowest BCUT2D eigenvalue weighted by Gasteiger charge is -2.29. The van der Waals surface area contributed by atoms with Crippen molar-refractivity contribution in [3.05, 3.63) is 101 Å². The second kappa shape index (κ2) is 7.69. The Balaban J connectivity index is 1.59. The number of fused-ring (bicyclic) bond motifs is 1. The fourth-order valence-electron chi connectivity index (χ4n) is 4.46. The Labute approximate surface area is 195 Å². The Morgan fingerprint density at radius 3 is 2.56 bits per heavy atom. The van der Waals surface area contributed by atoms with Crippen LogP contribution in [-0.4, -0.2) is 31.9 Å². The molecule has 1 atom stereocenters. The van der Waals surface area contributed by atoms with Crippen LogP contribution in [0.1, 0.15) is 40.9 Å². The van der Waals surface area contributed by atoms with Gasteiger partial charge >= 0.3 is 0 Å². The second-order valence-corrected chi connectivity index (χ2v) is 8.59. The Morgan fingerprint density at radius 2 is 1.79 bits per heavy atom. The lowest BCUT2D eigenvalue weighted by Crippen LogP contribution is -2.27. The highest BCUT2D eigenvalue weighted by atomic mass is 19.1. The molecule has 0 amide bonds. The van der Waals surface area contributed by atoms with Gasteiger partial charge in [-0.15, -0.1) is 0 Å². The van der Waals surface area contributed by atoms with Gasteiger partial charge in [-0.1, -0.05) is 18.2 Å². The third kappa shape index (κ3) is 3.22. The molecule has 34 heavy (non-hydrogen) atoms. The zero-order valence-electron chi connectivity index (χ0n) is 18.4. The van der Waals surface area contributed by atoms with E-state index in [1.807, 2.05) is 37.3 Å². The number of nitrogens with zero attached hydrogens (tertiary/aromatic N) is 5. The van der Waals surface area contributed by atoms with E-state index in [2.05, 4.69) is 19.9 Å². The maximum Gasteiger partial charge on any atom is 0.165 e. The van der Waals surface area contributed by atoms with Gasteiger partial charge < -0.3 is 10.5 Å². The average molecular weight is 452 g/mol. The lowest BCUT2D eigenvalue weighted by molar-refractivity contribution is 0.285. The predicted octanol–water partition coefficient (Wildman–Crippen LogP) is 3.93. The third-order valence-corrected chi connectivity index (χ3v) is 6.20. The van der Waals surface area contributed by atoms with Crippen molar-refractivity contribution in [2.24, 2.45) is 10.7 Å². The molecule has 2 N–H and O–H groups in total. The molecular weight excluding hydrogens is 431 g/mol. The van der Waals surface area contributed by atoms with Gasteiger partial charge in [0.05, 0.1) is 6.10 Å². The minimum absolute atomic E-state index is 0.0875. The van der Waals surface area contributed by atoms with E-state index in [9.17, 15) is 0 Å². The summed E-state index contributed by atoms with van der Waals surface area (Å²) in [7, 11) is 0. The topological polar surface area (TPSA) is 99.2 Å². The molecule has 6 rings (SSSR count). The number of aromatic nitrogens is 4. The highest BCUT2D eigenvalue weighted by molar-refractivity contribution is 6.01. The van der Waals surface area contributed by atoms with Crippen LogP contribution in [0.4, 0.5) is 4.39 Å². The van der Waals surface area contributed by atoms with Crippen molar-refractivity contribution in [2.45, 2.75) is 31.4 Å². The number of nitrogens with two attached hydrogens (primary N) is 1. The molecule has 2 aromatic heterocycles. The number of rotatable bonds is 5. The van der Waals surface area contributed by atoms with Crippen LogP contribution in [0.3, 0.4) is 0 Å². The minimum Gasteiger partial charge on any atom is -0.487 e. The van der Waals surface area contributed by atoms with Crippen LogP contribution < -0.4 is 10.5 Å². The molecule has 1 fully saturated rings. The lowest BCUT2D eigenvalue weighted by atomic mass is 9.79. The second-order valence-electron chi connectivity index (χ2n) is 8.59. The molecule has 2 aromatic carbocycles. The van der Waals surface area contributed by atoms with E-state index in [0.29, 0.717) is 22.5 Å². The molecule has 4 aromatic rings. The quantitative estimate of drug-likeness (QED) is 0.493. The van der Waals surface area contributed by atoms with Crippen LogP contribution in [-0.2, 0) is 5.54 Å². The molecule has 0 saturated heterocycles. The molecule has 1 saturated carbocycles. The van der Waals surface area contributed by atoms with E-state index in [4.69, 9.17) is 15.5 Å². The Kier molecular flexibility index (Phi) is 4.62. The van der Waals surface area contributed by atoms with Gasteiger partial charge in [0.2, 0.25) is 0 Å². The first-order valence-electron chi connectivity index (χ1n) is 11.1.